The zero-order valence-corrected chi connectivity index (χ0v) is 18.0. The standard InChI is InChI=1S/C22H24ClNO6/c1-22(2,3)30-21(27)24-9-5-7-15(24)20(26)29-18-11-17-13(10-14(18)23)19(25)12-6-4-8-16(12)28-17/h10-11,15H,4-9H2,1-3H3. The number of rotatable bonds is 2. The molecule has 2 aliphatic rings. The van der Waals surface area contributed by atoms with Crippen molar-refractivity contribution < 1.29 is 23.5 Å². The first-order chi connectivity index (χ1) is 14.1. The molecule has 2 heterocycles. The van der Waals surface area contributed by atoms with Crippen molar-refractivity contribution in [2.24, 2.45) is 0 Å². The maximum absolute atomic E-state index is 12.8. The molecule has 1 atom stereocenters. The normalized spacial score (nSPS) is 18.5. The summed E-state index contributed by atoms with van der Waals surface area (Å²) in [4.78, 5) is 39.3. The van der Waals surface area contributed by atoms with Crippen molar-refractivity contribution in [2.75, 3.05) is 6.54 Å². The van der Waals surface area contributed by atoms with Crippen LogP contribution in [-0.2, 0) is 22.4 Å². The number of halogens is 1. The average molecular weight is 434 g/mol. The Kier molecular flexibility index (Phi) is 5.26. The van der Waals surface area contributed by atoms with Crippen LogP contribution in [0.1, 0.15) is 51.4 Å². The van der Waals surface area contributed by atoms with Crippen LogP contribution in [0.4, 0.5) is 4.79 Å². The van der Waals surface area contributed by atoms with Crippen molar-refractivity contribution in [1.82, 2.24) is 4.90 Å². The molecule has 8 heteroatoms. The molecular weight excluding hydrogens is 410 g/mol. The fraction of sp³-hybridized carbons (Fsp3) is 0.500. The first-order valence-electron chi connectivity index (χ1n) is 10.1. The summed E-state index contributed by atoms with van der Waals surface area (Å²) in [5.74, 6) is 0.188. The number of amides is 1. The first-order valence-corrected chi connectivity index (χ1v) is 10.5. The fourth-order valence-corrected chi connectivity index (χ4v) is 4.17. The van der Waals surface area contributed by atoms with Crippen LogP contribution in [-0.4, -0.2) is 35.2 Å². The van der Waals surface area contributed by atoms with E-state index in [-0.39, 0.29) is 16.2 Å². The summed E-state index contributed by atoms with van der Waals surface area (Å²) in [6.45, 7) is 5.73. The molecular formula is C22H24ClNO6. The monoisotopic (exact) mass is 433 g/mol. The van der Waals surface area contributed by atoms with E-state index >= 15 is 0 Å². The highest BCUT2D eigenvalue weighted by Crippen LogP contribution is 2.33. The van der Waals surface area contributed by atoms with E-state index in [0.717, 1.165) is 6.42 Å². The van der Waals surface area contributed by atoms with Crippen LogP contribution in [0.15, 0.2) is 21.3 Å². The van der Waals surface area contributed by atoms with Gasteiger partial charge >= 0.3 is 12.1 Å². The van der Waals surface area contributed by atoms with E-state index in [1.54, 1.807) is 20.8 Å². The van der Waals surface area contributed by atoms with Gasteiger partial charge in [-0.2, -0.15) is 0 Å². The Balaban J connectivity index is 1.58. The van der Waals surface area contributed by atoms with Crippen LogP contribution in [0.2, 0.25) is 5.02 Å². The predicted octanol–water partition coefficient (Wildman–Crippen LogP) is 4.24. The molecule has 0 bridgehead atoms. The molecule has 0 spiro atoms. The van der Waals surface area contributed by atoms with E-state index in [1.165, 1.54) is 17.0 Å². The smallest absolute Gasteiger partial charge is 0.411 e. The first kappa shape index (κ1) is 20.7. The number of benzene rings is 1. The minimum atomic E-state index is -0.751. The number of hydrogen-bond acceptors (Lipinski definition) is 6. The Bertz CT molecular complexity index is 1080. The van der Waals surface area contributed by atoms with Gasteiger partial charge in [0.15, 0.2) is 11.2 Å². The molecule has 1 aromatic carbocycles. The van der Waals surface area contributed by atoms with Crippen molar-refractivity contribution in [1.29, 1.82) is 0 Å². The third-order valence-electron chi connectivity index (χ3n) is 5.32. The van der Waals surface area contributed by atoms with Gasteiger partial charge in [-0.05, 0) is 52.5 Å². The Labute approximate surface area is 178 Å². The van der Waals surface area contributed by atoms with Crippen molar-refractivity contribution in [3.05, 3.63) is 38.7 Å². The van der Waals surface area contributed by atoms with Crippen LogP contribution in [0.25, 0.3) is 11.0 Å². The van der Waals surface area contributed by atoms with Gasteiger partial charge in [-0.25, -0.2) is 9.59 Å². The van der Waals surface area contributed by atoms with E-state index in [0.29, 0.717) is 54.5 Å². The van der Waals surface area contributed by atoms with Crippen molar-refractivity contribution in [3.63, 3.8) is 0 Å². The zero-order valence-electron chi connectivity index (χ0n) is 17.2. The Morgan fingerprint density at radius 2 is 1.97 bits per heavy atom. The number of esters is 1. The highest BCUT2D eigenvalue weighted by Gasteiger charge is 2.38. The lowest BCUT2D eigenvalue weighted by atomic mass is 10.1. The molecule has 0 radical (unpaired) electrons. The number of nitrogens with zero attached hydrogens (tertiary/aromatic N) is 1. The van der Waals surface area contributed by atoms with Gasteiger partial charge in [0.05, 0.1) is 10.4 Å². The highest BCUT2D eigenvalue weighted by molar-refractivity contribution is 6.33. The quantitative estimate of drug-likeness (QED) is 0.520. The topological polar surface area (TPSA) is 86.1 Å². The maximum atomic E-state index is 12.8. The Hall–Kier alpha value is -2.54. The molecule has 7 nitrogen and oxygen atoms in total. The average Bonchev–Trinajstić information content (AvgIpc) is 3.31. The van der Waals surface area contributed by atoms with Crippen LogP contribution >= 0.6 is 11.6 Å². The lowest BCUT2D eigenvalue weighted by molar-refractivity contribution is -0.139. The van der Waals surface area contributed by atoms with Crippen molar-refractivity contribution in [3.8, 4) is 5.75 Å². The summed E-state index contributed by atoms with van der Waals surface area (Å²) >= 11 is 6.30. The molecule has 160 valence electrons. The largest absolute Gasteiger partial charge is 0.460 e. The van der Waals surface area contributed by atoms with Crippen LogP contribution < -0.4 is 10.2 Å². The van der Waals surface area contributed by atoms with Gasteiger partial charge in [-0.15, -0.1) is 0 Å². The minimum Gasteiger partial charge on any atom is -0.460 e. The second-order valence-corrected chi connectivity index (χ2v) is 9.13. The molecule has 0 saturated carbocycles. The summed E-state index contributed by atoms with van der Waals surface area (Å²) in [6, 6.07) is 2.20. The number of likely N-dealkylation sites (tertiary alicyclic amines) is 1. The lowest BCUT2D eigenvalue weighted by Crippen LogP contribution is -2.44. The van der Waals surface area contributed by atoms with Gasteiger partial charge in [-0.1, -0.05) is 11.6 Å². The summed E-state index contributed by atoms with van der Waals surface area (Å²) in [5.41, 5.74) is 0.286. The molecule has 2 aromatic rings. The van der Waals surface area contributed by atoms with Crippen molar-refractivity contribution >= 4 is 34.6 Å². The van der Waals surface area contributed by atoms with E-state index in [2.05, 4.69) is 0 Å². The molecule has 1 aromatic heterocycles. The van der Waals surface area contributed by atoms with E-state index < -0.39 is 23.7 Å². The summed E-state index contributed by atoms with van der Waals surface area (Å²) in [5, 5.41) is 0.514. The second-order valence-electron chi connectivity index (χ2n) is 8.72. The fourth-order valence-electron chi connectivity index (χ4n) is 3.97. The zero-order chi connectivity index (χ0) is 21.6. The number of ether oxygens (including phenoxy) is 2. The number of carbonyl (C=O) groups excluding carboxylic acids is 2. The van der Waals surface area contributed by atoms with Crippen LogP contribution in [0.5, 0.6) is 5.75 Å². The van der Waals surface area contributed by atoms with Crippen LogP contribution in [0.3, 0.4) is 0 Å². The van der Waals surface area contributed by atoms with Crippen LogP contribution in [0, 0.1) is 0 Å². The number of carbonyl (C=O) groups is 2. The van der Waals surface area contributed by atoms with E-state index in [9.17, 15) is 14.4 Å². The molecule has 1 saturated heterocycles. The number of hydrogen-bond donors (Lipinski definition) is 0. The molecule has 0 N–H and O–H groups in total. The van der Waals surface area contributed by atoms with Gasteiger partial charge in [0, 0.05) is 24.6 Å². The Morgan fingerprint density at radius 1 is 1.20 bits per heavy atom. The van der Waals surface area contributed by atoms with Crippen molar-refractivity contribution in [2.45, 2.75) is 64.5 Å². The van der Waals surface area contributed by atoms with Gasteiger partial charge in [0.2, 0.25) is 0 Å². The summed E-state index contributed by atoms with van der Waals surface area (Å²) in [7, 11) is 0. The lowest BCUT2D eigenvalue weighted by Gasteiger charge is -2.27. The molecule has 1 aliphatic heterocycles. The van der Waals surface area contributed by atoms with E-state index in [1.807, 2.05) is 0 Å². The minimum absolute atomic E-state index is 0.0876. The third kappa shape index (κ3) is 3.90. The number of aryl methyl sites for hydroxylation is 1. The van der Waals surface area contributed by atoms with Gasteiger partial charge in [-0.3, -0.25) is 9.69 Å². The predicted molar refractivity (Wildman–Crippen MR) is 111 cm³/mol. The molecule has 30 heavy (non-hydrogen) atoms. The van der Waals surface area contributed by atoms with Gasteiger partial charge in [0.25, 0.3) is 0 Å². The van der Waals surface area contributed by atoms with Gasteiger partial charge in [0.1, 0.15) is 23.0 Å². The Morgan fingerprint density at radius 3 is 2.70 bits per heavy atom. The summed E-state index contributed by atoms with van der Waals surface area (Å²) < 4.78 is 16.8. The molecule has 1 amide bonds. The molecule has 1 unspecified atom stereocenters. The second kappa shape index (κ2) is 7.61. The maximum Gasteiger partial charge on any atom is 0.411 e. The SMILES string of the molecule is CC(C)(C)OC(=O)N1CCCC1C(=O)Oc1cc2oc3c(c(=O)c2cc1Cl)CCC3. The van der Waals surface area contributed by atoms with E-state index in [4.69, 9.17) is 25.5 Å². The van der Waals surface area contributed by atoms with Gasteiger partial charge < -0.3 is 13.9 Å². The molecule has 1 fully saturated rings. The third-order valence-corrected chi connectivity index (χ3v) is 5.61. The summed E-state index contributed by atoms with van der Waals surface area (Å²) in [6.07, 6.45) is 2.89. The highest BCUT2D eigenvalue weighted by atomic mass is 35.5. The molecule has 4 rings (SSSR count). The molecule has 1 aliphatic carbocycles. The number of fused-ring (bicyclic) bond motifs is 2.